The number of Topliss-reactive ketones (excluding diaryl/α,β-unsaturated/α-hetero) is 1. The van der Waals surface area contributed by atoms with E-state index in [0.29, 0.717) is 30.9 Å². The summed E-state index contributed by atoms with van der Waals surface area (Å²) in [6.07, 6.45) is 0.604. The fourth-order valence-corrected chi connectivity index (χ4v) is 4.26. The van der Waals surface area contributed by atoms with Crippen molar-refractivity contribution in [3.63, 3.8) is 0 Å². The van der Waals surface area contributed by atoms with Crippen molar-refractivity contribution < 1.29 is 24.2 Å². The molecule has 3 rings (SSSR count). The molecule has 0 spiro atoms. The molecule has 0 aliphatic carbocycles. The molecular weight excluding hydrogens is 378 g/mol. The number of carbonyl (C=O) groups is 2. The van der Waals surface area contributed by atoms with Gasteiger partial charge in [-0.15, -0.1) is 11.3 Å². The van der Waals surface area contributed by atoms with Gasteiger partial charge < -0.3 is 19.5 Å². The number of aliphatic hydroxyl groups excluding tert-OH is 1. The van der Waals surface area contributed by atoms with Crippen LogP contribution in [0, 0.1) is 6.92 Å². The second kappa shape index (κ2) is 8.58. The average Bonchev–Trinajstić information content (AvgIpc) is 3.30. The molecule has 1 N–H and O–H groups in total. The van der Waals surface area contributed by atoms with Gasteiger partial charge in [-0.25, -0.2) is 0 Å². The van der Waals surface area contributed by atoms with Crippen molar-refractivity contribution in [1.82, 2.24) is 4.90 Å². The number of aryl methyl sites for hydroxylation is 1. The molecule has 6 nitrogen and oxygen atoms in total. The van der Waals surface area contributed by atoms with Crippen molar-refractivity contribution in [1.29, 1.82) is 0 Å². The van der Waals surface area contributed by atoms with Crippen molar-refractivity contribution in [3.8, 4) is 5.75 Å². The van der Waals surface area contributed by atoms with Crippen LogP contribution >= 0.6 is 11.3 Å². The summed E-state index contributed by atoms with van der Waals surface area (Å²) >= 11 is 1.45. The van der Waals surface area contributed by atoms with E-state index in [2.05, 4.69) is 0 Å². The van der Waals surface area contributed by atoms with E-state index in [4.69, 9.17) is 9.47 Å². The molecule has 28 heavy (non-hydrogen) atoms. The van der Waals surface area contributed by atoms with Crippen LogP contribution in [0.2, 0.25) is 0 Å². The van der Waals surface area contributed by atoms with E-state index in [-0.39, 0.29) is 11.3 Å². The number of thiophene rings is 1. The van der Waals surface area contributed by atoms with Gasteiger partial charge in [-0.2, -0.15) is 0 Å². The summed E-state index contributed by atoms with van der Waals surface area (Å²) in [6, 6.07) is 8.31. The molecule has 2 heterocycles. The third kappa shape index (κ3) is 3.68. The minimum atomic E-state index is -0.665. The highest BCUT2D eigenvalue weighted by molar-refractivity contribution is 7.10. The number of amides is 1. The standard InChI is InChI=1S/C21H23NO5S/c1-13-12-14(7-8-15(13)27-3)19(23)17-18(16-6-4-11-28-16)22(9-5-10-26-2)21(25)20(17)24/h4,6-8,11-12,18,23H,5,9-10H2,1-3H3/b19-17-. The Morgan fingerprint density at radius 3 is 2.64 bits per heavy atom. The van der Waals surface area contributed by atoms with E-state index in [1.807, 2.05) is 24.4 Å². The Hall–Kier alpha value is -2.64. The summed E-state index contributed by atoms with van der Waals surface area (Å²) in [5, 5.41) is 12.9. The van der Waals surface area contributed by atoms with Crippen molar-refractivity contribution in [2.75, 3.05) is 27.4 Å². The molecule has 0 radical (unpaired) electrons. The van der Waals surface area contributed by atoms with Gasteiger partial charge in [0.1, 0.15) is 11.5 Å². The Morgan fingerprint density at radius 2 is 2.04 bits per heavy atom. The number of hydrogen-bond acceptors (Lipinski definition) is 6. The number of rotatable bonds is 7. The minimum absolute atomic E-state index is 0.120. The van der Waals surface area contributed by atoms with Gasteiger partial charge in [0, 0.05) is 30.7 Å². The molecule has 1 aliphatic rings. The van der Waals surface area contributed by atoms with Crippen LogP contribution in [0.1, 0.15) is 28.5 Å². The molecule has 0 bridgehead atoms. The summed E-state index contributed by atoms with van der Waals surface area (Å²) in [6.45, 7) is 2.72. The fourth-order valence-electron chi connectivity index (χ4n) is 3.41. The lowest BCUT2D eigenvalue weighted by molar-refractivity contribution is -0.140. The van der Waals surface area contributed by atoms with E-state index in [1.54, 1.807) is 32.4 Å². The van der Waals surface area contributed by atoms with Crippen LogP contribution in [0.5, 0.6) is 5.75 Å². The first-order valence-corrected chi connectivity index (χ1v) is 9.83. The monoisotopic (exact) mass is 401 g/mol. The molecule has 1 aromatic heterocycles. The number of ether oxygens (including phenoxy) is 2. The van der Waals surface area contributed by atoms with E-state index in [1.165, 1.54) is 16.2 Å². The van der Waals surface area contributed by atoms with Crippen LogP contribution in [0.4, 0.5) is 0 Å². The van der Waals surface area contributed by atoms with Crippen molar-refractivity contribution in [2.45, 2.75) is 19.4 Å². The quantitative estimate of drug-likeness (QED) is 0.332. The van der Waals surface area contributed by atoms with Crippen LogP contribution in [0.15, 0.2) is 41.3 Å². The molecule has 148 valence electrons. The van der Waals surface area contributed by atoms with Gasteiger partial charge in [-0.1, -0.05) is 6.07 Å². The number of methoxy groups -OCH3 is 2. The number of nitrogens with zero attached hydrogens (tertiary/aromatic N) is 1. The second-order valence-corrected chi connectivity index (χ2v) is 7.52. The van der Waals surface area contributed by atoms with Gasteiger partial charge in [0.05, 0.1) is 18.7 Å². The largest absolute Gasteiger partial charge is 0.507 e. The zero-order valence-corrected chi connectivity index (χ0v) is 16.9. The van der Waals surface area contributed by atoms with Crippen molar-refractivity contribution in [3.05, 3.63) is 57.3 Å². The fraction of sp³-hybridized carbons (Fsp3) is 0.333. The molecule has 1 aliphatic heterocycles. The van der Waals surface area contributed by atoms with Gasteiger partial charge in [0.25, 0.3) is 11.7 Å². The number of ketones is 1. The normalized spacial score (nSPS) is 18.7. The Kier molecular flexibility index (Phi) is 6.16. The molecule has 1 unspecified atom stereocenters. The second-order valence-electron chi connectivity index (χ2n) is 6.54. The zero-order valence-electron chi connectivity index (χ0n) is 16.1. The zero-order chi connectivity index (χ0) is 20.3. The van der Waals surface area contributed by atoms with Gasteiger partial charge >= 0.3 is 0 Å². The topological polar surface area (TPSA) is 76.1 Å². The molecule has 1 saturated heterocycles. The SMILES string of the molecule is COCCCN1C(=O)C(=O)/C(=C(\O)c2ccc(OC)c(C)c2)C1c1cccs1. The van der Waals surface area contributed by atoms with Crippen LogP contribution in [0.3, 0.4) is 0 Å². The molecule has 1 amide bonds. The Balaban J connectivity index is 2.08. The molecule has 0 saturated carbocycles. The lowest BCUT2D eigenvalue weighted by Gasteiger charge is -2.24. The van der Waals surface area contributed by atoms with Crippen molar-refractivity contribution in [2.24, 2.45) is 0 Å². The first-order valence-electron chi connectivity index (χ1n) is 8.95. The molecule has 7 heteroatoms. The number of carbonyl (C=O) groups excluding carboxylic acids is 2. The van der Waals surface area contributed by atoms with Crippen LogP contribution in [0.25, 0.3) is 5.76 Å². The van der Waals surface area contributed by atoms with E-state index in [9.17, 15) is 14.7 Å². The van der Waals surface area contributed by atoms with Crippen LogP contribution in [-0.4, -0.2) is 49.1 Å². The third-order valence-electron chi connectivity index (χ3n) is 4.77. The van der Waals surface area contributed by atoms with E-state index >= 15 is 0 Å². The first kappa shape index (κ1) is 20.1. The number of likely N-dealkylation sites (tertiary alicyclic amines) is 1. The smallest absolute Gasteiger partial charge is 0.295 e. The summed E-state index contributed by atoms with van der Waals surface area (Å²) < 4.78 is 10.3. The summed E-state index contributed by atoms with van der Waals surface area (Å²) in [4.78, 5) is 27.9. The summed E-state index contributed by atoms with van der Waals surface area (Å²) in [5.41, 5.74) is 1.43. The molecule has 1 atom stereocenters. The van der Waals surface area contributed by atoms with Gasteiger partial charge in [0.2, 0.25) is 0 Å². The molecule has 1 fully saturated rings. The van der Waals surface area contributed by atoms with Crippen LogP contribution < -0.4 is 4.74 Å². The predicted octanol–water partition coefficient (Wildman–Crippen LogP) is 3.52. The predicted molar refractivity (Wildman–Crippen MR) is 108 cm³/mol. The summed E-state index contributed by atoms with van der Waals surface area (Å²) in [5.74, 6) is -0.744. The maximum atomic E-state index is 12.8. The Labute approximate surface area is 168 Å². The van der Waals surface area contributed by atoms with Gasteiger partial charge in [-0.05, 0) is 48.6 Å². The minimum Gasteiger partial charge on any atom is -0.507 e. The Bertz CT molecular complexity index is 904. The van der Waals surface area contributed by atoms with Gasteiger partial charge in [0.15, 0.2) is 0 Å². The van der Waals surface area contributed by atoms with E-state index in [0.717, 1.165) is 10.4 Å². The lowest BCUT2D eigenvalue weighted by atomic mass is 9.98. The highest BCUT2D eigenvalue weighted by atomic mass is 32.1. The van der Waals surface area contributed by atoms with E-state index < -0.39 is 17.7 Å². The van der Waals surface area contributed by atoms with Crippen LogP contribution in [-0.2, 0) is 14.3 Å². The molecule has 1 aromatic carbocycles. The highest BCUT2D eigenvalue weighted by Crippen LogP contribution is 2.41. The third-order valence-corrected chi connectivity index (χ3v) is 5.69. The maximum absolute atomic E-state index is 12.8. The molecular formula is C21H23NO5S. The average molecular weight is 401 g/mol. The Morgan fingerprint density at radius 1 is 1.25 bits per heavy atom. The first-order chi connectivity index (χ1) is 13.5. The number of aliphatic hydroxyl groups is 1. The lowest BCUT2D eigenvalue weighted by Crippen LogP contribution is -2.31. The number of benzene rings is 1. The summed E-state index contributed by atoms with van der Waals surface area (Å²) in [7, 11) is 3.17. The van der Waals surface area contributed by atoms with Gasteiger partial charge in [-0.3, -0.25) is 9.59 Å². The molecule has 2 aromatic rings. The highest BCUT2D eigenvalue weighted by Gasteiger charge is 2.46. The van der Waals surface area contributed by atoms with Crippen molar-refractivity contribution >= 4 is 28.8 Å². The number of hydrogen-bond donors (Lipinski definition) is 1. The maximum Gasteiger partial charge on any atom is 0.295 e.